The average molecular weight is 513 g/mol. The molecule has 12 heteroatoms. The normalized spacial score (nSPS) is 17.4. The van der Waals surface area contributed by atoms with Crippen molar-refractivity contribution < 1.29 is 42.9 Å². The van der Waals surface area contributed by atoms with Gasteiger partial charge < -0.3 is 29.9 Å². The van der Waals surface area contributed by atoms with Crippen LogP contribution in [0.3, 0.4) is 0 Å². The predicted octanol–water partition coefficient (Wildman–Crippen LogP) is 3.64. The van der Waals surface area contributed by atoms with Crippen LogP contribution >= 0.6 is 11.3 Å². The zero-order chi connectivity index (χ0) is 26.0. The van der Waals surface area contributed by atoms with E-state index in [9.17, 15) is 23.2 Å². The second-order valence-electron chi connectivity index (χ2n) is 7.61. The lowest BCUT2D eigenvalue weighted by Gasteiger charge is -2.38. The molecule has 1 saturated heterocycles. The Bertz CT molecular complexity index is 997. The van der Waals surface area contributed by atoms with Crippen molar-refractivity contribution in [3.05, 3.63) is 63.9 Å². The molecule has 1 amide bonds. The van der Waals surface area contributed by atoms with E-state index in [0.29, 0.717) is 25.2 Å². The number of hydrogen-bond acceptors (Lipinski definition) is 7. The molecule has 0 saturated carbocycles. The average Bonchev–Trinajstić information content (AvgIpc) is 3.30. The number of amides is 1. The Kier molecular flexibility index (Phi) is 10.6. The van der Waals surface area contributed by atoms with Gasteiger partial charge in [-0.3, -0.25) is 0 Å². The van der Waals surface area contributed by atoms with Crippen LogP contribution in [0.15, 0.2) is 41.1 Å². The highest BCUT2D eigenvalue weighted by molar-refractivity contribution is 7.07. The number of nitrogens with one attached hydrogen (secondary N) is 1. The monoisotopic (exact) mass is 512 g/mol. The molecule has 0 spiro atoms. The molecule has 1 aliphatic rings. The van der Waals surface area contributed by atoms with Gasteiger partial charge in [0.1, 0.15) is 30.6 Å². The highest BCUT2D eigenvalue weighted by atomic mass is 32.1. The van der Waals surface area contributed by atoms with Crippen LogP contribution in [0, 0.1) is 11.6 Å². The Morgan fingerprint density at radius 3 is 2.14 bits per heavy atom. The summed E-state index contributed by atoms with van der Waals surface area (Å²) in [7, 11) is 0. The number of piperazine rings is 1. The minimum atomic E-state index is -1.26. The van der Waals surface area contributed by atoms with Crippen molar-refractivity contribution in [3.63, 3.8) is 0 Å². The summed E-state index contributed by atoms with van der Waals surface area (Å²) >= 11 is 1.52. The first-order valence-corrected chi connectivity index (χ1v) is 11.4. The Morgan fingerprint density at radius 2 is 1.66 bits per heavy atom. The van der Waals surface area contributed by atoms with Crippen LogP contribution in [0.25, 0.3) is 0 Å². The molecule has 3 N–H and O–H groups in total. The minimum absolute atomic E-state index is 0.0520. The number of aliphatic carboxylic acids is 2. The van der Waals surface area contributed by atoms with Gasteiger partial charge in [-0.05, 0) is 36.2 Å². The van der Waals surface area contributed by atoms with Crippen molar-refractivity contribution in [2.24, 2.45) is 0 Å². The molecule has 3 rings (SSSR count). The third kappa shape index (κ3) is 8.98. The molecule has 1 aliphatic heterocycles. The first kappa shape index (κ1) is 27.7. The number of carbonyl (C=O) groups is 3. The lowest BCUT2D eigenvalue weighted by atomic mass is 10.1. The lowest BCUT2D eigenvalue weighted by molar-refractivity contribution is -0.134. The lowest BCUT2D eigenvalue weighted by Crippen LogP contribution is -2.57. The molecule has 1 fully saturated rings. The minimum Gasteiger partial charge on any atom is -0.489 e. The predicted molar refractivity (Wildman–Crippen MR) is 123 cm³/mol. The molecule has 190 valence electrons. The number of halogens is 2. The standard InChI is InChI=1S/C19H22F2N2O3S.C4H4O4/c1-12-7-22-8-13(2)23(12)19(24)26-10-16-17(20)5-15(6-18(16)21)25-9-14-3-4-27-11-14;5-3(6)1-2-4(7)8/h3-6,11-13,22H,7-10H2,1-2H3;1-2H,(H,5,6)(H,7,8)/b;2-1+/t12-,13+;. The first-order chi connectivity index (χ1) is 16.6. The van der Waals surface area contributed by atoms with Gasteiger partial charge in [-0.2, -0.15) is 11.3 Å². The molecular weight excluding hydrogens is 486 g/mol. The van der Waals surface area contributed by atoms with Crippen molar-refractivity contribution in [1.82, 2.24) is 10.2 Å². The fourth-order valence-electron chi connectivity index (χ4n) is 3.19. The fraction of sp³-hybridized carbons (Fsp3) is 0.348. The molecule has 9 nitrogen and oxygen atoms in total. The van der Waals surface area contributed by atoms with Crippen LogP contribution in [-0.4, -0.2) is 58.3 Å². The van der Waals surface area contributed by atoms with Gasteiger partial charge in [0.2, 0.25) is 0 Å². The van der Waals surface area contributed by atoms with Gasteiger partial charge in [0.25, 0.3) is 0 Å². The van der Waals surface area contributed by atoms with E-state index < -0.39 is 36.3 Å². The molecule has 2 atom stereocenters. The van der Waals surface area contributed by atoms with E-state index in [1.165, 1.54) is 11.3 Å². The van der Waals surface area contributed by atoms with Gasteiger partial charge in [-0.15, -0.1) is 0 Å². The third-order valence-electron chi connectivity index (χ3n) is 4.85. The quantitative estimate of drug-likeness (QED) is 0.481. The zero-order valence-corrected chi connectivity index (χ0v) is 19.9. The van der Waals surface area contributed by atoms with E-state index >= 15 is 0 Å². The fourth-order valence-corrected chi connectivity index (χ4v) is 3.84. The summed E-state index contributed by atoms with van der Waals surface area (Å²) < 4.78 is 39.2. The summed E-state index contributed by atoms with van der Waals surface area (Å²) in [5.41, 5.74) is 0.639. The zero-order valence-electron chi connectivity index (χ0n) is 19.1. The topological polar surface area (TPSA) is 125 Å². The SMILES string of the molecule is C[C@@H]1CNC[C@H](C)N1C(=O)OCc1c(F)cc(OCc2ccsc2)cc1F.O=C(O)/C=C/C(=O)O. The summed E-state index contributed by atoms with van der Waals surface area (Å²) in [6.07, 6.45) is 0.540. The van der Waals surface area contributed by atoms with Gasteiger partial charge in [0.05, 0.1) is 5.56 Å². The van der Waals surface area contributed by atoms with Crippen molar-refractivity contribution in [3.8, 4) is 5.75 Å². The van der Waals surface area contributed by atoms with Gasteiger partial charge in [-0.1, -0.05) is 0 Å². The molecule has 0 aliphatic carbocycles. The summed E-state index contributed by atoms with van der Waals surface area (Å²) in [5.74, 6) is -4.02. The summed E-state index contributed by atoms with van der Waals surface area (Å²) in [6, 6.07) is 3.99. The molecule has 1 aromatic carbocycles. The van der Waals surface area contributed by atoms with E-state index in [4.69, 9.17) is 19.7 Å². The van der Waals surface area contributed by atoms with Crippen LogP contribution in [0.2, 0.25) is 0 Å². The molecule has 0 unspecified atom stereocenters. The van der Waals surface area contributed by atoms with Crippen LogP contribution in [0.4, 0.5) is 13.6 Å². The summed E-state index contributed by atoms with van der Waals surface area (Å²) in [6.45, 7) is 4.85. The maximum absolute atomic E-state index is 14.3. The Balaban J connectivity index is 0.000000466. The van der Waals surface area contributed by atoms with E-state index in [1.54, 1.807) is 4.90 Å². The van der Waals surface area contributed by atoms with Gasteiger partial charge in [0, 0.05) is 49.5 Å². The summed E-state index contributed by atoms with van der Waals surface area (Å²) in [4.78, 5) is 33.0. The number of thiophene rings is 1. The second kappa shape index (κ2) is 13.4. The maximum atomic E-state index is 14.3. The van der Waals surface area contributed by atoms with Gasteiger partial charge in [0.15, 0.2) is 0 Å². The largest absolute Gasteiger partial charge is 0.489 e. The van der Waals surface area contributed by atoms with Crippen molar-refractivity contribution in [2.75, 3.05) is 13.1 Å². The Morgan fingerprint density at radius 1 is 1.09 bits per heavy atom. The van der Waals surface area contributed by atoms with E-state index in [0.717, 1.165) is 17.7 Å². The second-order valence-corrected chi connectivity index (χ2v) is 8.39. The van der Waals surface area contributed by atoms with E-state index in [1.807, 2.05) is 30.7 Å². The maximum Gasteiger partial charge on any atom is 0.410 e. The number of benzene rings is 1. The number of carbonyl (C=O) groups excluding carboxylic acids is 1. The van der Waals surface area contributed by atoms with Crippen molar-refractivity contribution in [2.45, 2.75) is 39.1 Å². The molecule has 0 bridgehead atoms. The third-order valence-corrected chi connectivity index (χ3v) is 5.58. The van der Waals surface area contributed by atoms with E-state index in [-0.39, 0.29) is 30.0 Å². The highest BCUT2D eigenvalue weighted by Crippen LogP contribution is 2.23. The first-order valence-electron chi connectivity index (χ1n) is 10.5. The Labute approximate surface area is 204 Å². The highest BCUT2D eigenvalue weighted by Gasteiger charge is 2.30. The van der Waals surface area contributed by atoms with Gasteiger partial charge >= 0.3 is 18.0 Å². The molecule has 1 aromatic heterocycles. The van der Waals surface area contributed by atoms with Crippen LogP contribution in [-0.2, 0) is 27.5 Å². The number of nitrogens with zero attached hydrogens (tertiary/aromatic N) is 1. The molecule has 0 radical (unpaired) electrons. The van der Waals surface area contributed by atoms with Crippen LogP contribution in [0.1, 0.15) is 25.0 Å². The summed E-state index contributed by atoms with van der Waals surface area (Å²) in [5, 5.41) is 22.6. The number of hydrogen-bond donors (Lipinski definition) is 3. The van der Waals surface area contributed by atoms with E-state index in [2.05, 4.69) is 5.32 Å². The molecular formula is C23H26F2N2O7S. The number of carboxylic acid groups (broad SMARTS) is 2. The molecule has 35 heavy (non-hydrogen) atoms. The number of rotatable bonds is 7. The van der Waals surface area contributed by atoms with Crippen LogP contribution < -0.4 is 10.1 Å². The smallest absolute Gasteiger partial charge is 0.410 e. The molecule has 2 aromatic rings. The van der Waals surface area contributed by atoms with Crippen LogP contribution in [0.5, 0.6) is 5.75 Å². The number of ether oxygens (including phenoxy) is 2. The Hall–Kier alpha value is -3.51. The van der Waals surface area contributed by atoms with Crippen molar-refractivity contribution in [1.29, 1.82) is 0 Å². The molecule has 2 heterocycles. The van der Waals surface area contributed by atoms with Gasteiger partial charge in [-0.25, -0.2) is 23.2 Å². The van der Waals surface area contributed by atoms with Crippen molar-refractivity contribution >= 4 is 29.4 Å². The number of carboxylic acids is 2.